The molecule has 0 fully saturated rings. The van der Waals surface area contributed by atoms with Gasteiger partial charge in [-0.05, 0) is 40.5 Å². The number of rotatable bonds is 4. The SMILES string of the molecule is Cc1cc(Br)cnc1NS(=O)(=O)c1ccccc1C(N)=S. The van der Waals surface area contributed by atoms with Crippen molar-refractivity contribution in [3.63, 3.8) is 0 Å². The first kappa shape index (κ1) is 15.9. The first-order valence-electron chi connectivity index (χ1n) is 5.85. The fraction of sp³-hybridized carbons (Fsp3) is 0.0769. The number of sulfonamides is 1. The molecule has 2 rings (SSSR count). The van der Waals surface area contributed by atoms with Crippen LogP contribution in [0.25, 0.3) is 0 Å². The van der Waals surface area contributed by atoms with Crippen molar-refractivity contribution in [2.45, 2.75) is 11.8 Å². The van der Waals surface area contributed by atoms with Gasteiger partial charge in [0.2, 0.25) is 0 Å². The summed E-state index contributed by atoms with van der Waals surface area (Å²) < 4.78 is 28.2. The van der Waals surface area contributed by atoms with E-state index in [2.05, 4.69) is 25.6 Å². The number of thiocarbonyl (C=S) groups is 1. The summed E-state index contributed by atoms with van der Waals surface area (Å²) in [4.78, 5) is 4.12. The Kier molecular flexibility index (Phi) is 4.60. The number of aromatic nitrogens is 1. The molecule has 1 heterocycles. The molecular weight excluding hydrogens is 374 g/mol. The van der Waals surface area contributed by atoms with Crippen molar-refractivity contribution in [1.82, 2.24) is 4.98 Å². The van der Waals surface area contributed by atoms with Crippen LogP contribution in [0, 0.1) is 6.92 Å². The average Bonchev–Trinajstić information content (AvgIpc) is 2.42. The highest BCUT2D eigenvalue weighted by Crippen LogP contribution is 2.22. The number of nitrogens with zero attached hydrogens (tertiary/aromatic N) is 1. The minimum atomic E-state index is -3.82. The number of halogens is 1. The van der Waals surface area contributed by atoms with E-state index in [-0.39, 0.29) is 15.7 Å². The zero-order valence-electron chi connectivity index (χ0n) is 11.0. The molecule has 3 N–H and O–H groups in total. The number of nitrogens with one attached hydrogen (secondary N) is 1. The molecule has 8 heteroatoms. The monoisotopic (exact) mass is 385 g/mol. The summed E-state index contributed by atoms with van der Waals surface area (Å²) >= 11 is 8.17. The molecule has 1 aromatic carbocycles. The summed E-state index contributed by atoms with van der Waals surface area (Å²) in [6.45, 7) is 1.76. The van der Waals surface area contributed by atoms with E-state index in [1.54, 1.807) is 31.2 Å². The molecule has 0 aliphatic heterocycles. The zero-order chi connectivity index (χ0) is 15.6. The van der Waals surface area contributed by atoms with Crippen LogP contribution in [0.2, 0.25) is 0 Å². The van der Waals surface area contributed by atoms with Gasteiger partial charge in [-0.3, -0.25) is 4.72 Å². The van der Waals surface area contributed by atoms with Crippen molar-refractivity contribution in [2.24, 2.45) is 5.73 Å². The van der Waals surface area contributed by atoms with Crippen molar-refractivity contribution in [1.29, 1.82) is 0 Å². The summed E-state index contributed by atoms with van der Waals surface area (Å²) in [5.74, 6) is 0.260. The maximum Gasteiger partial charge on any atom is 0.263 e. The molecule has 0 unspecified atom stereocenters. The van der Waals surface area contributed by atoms with Crippen molar-refractivity contribution >= 4 is 49.0 Å². The molecule has 0 saturated carbocycles. The largest absolute Gasteiger partial charge is 0.389 e. The van der Waals surface area contributed by atoms with Gasteiger partial charge in [-0.25, -0.2) is 13.4 Å². The van der Waals surface area contributed by atoms with Gasteiger partial charge in [0.25, 0.3) is 10.0 Å². The maximum atomic E-state index is 12.5. The first-order chi connectivity index (χ1) is 9.81. The fourth-order valence-electron chi connectivity index (χ4n) is 1.73. The van der Waals surface area contributed by atoms with Gasteiger partial charge in [0.15, 0.2) is 0 Å². The summed E-state index contributed by atoms with van der Waals surface area (Å²) in [5, 5.41) is 0. The predicted octanol–water partition coefficient (Wildman–Crippen LogP) is 2.59. The second-order valence-corrected chi connectivity index (χ2v) is 7.29. The third-order valence-corrected chi connectivity index (χ3v) is 4.77. The van der Waals surface area contributed by atoms with Crippen LogP contribution < -0.4 is 10.5 Å². The van der Waals surface area contributed by atoms with Gasteiger partial charge in [-0.1, -0.05) is 30.4 Å². The topological polar surface area (TPSA) is 85.1 Å². The minimum absolute atomic E-state index is 0.0245. The van der Waals surface area contributed by atoms with E-state index in [1.807, 2.05) is 0 Å². The van der Waals surface area contributed by atoms with Gasteiger partial charge in [0.05, 0.1) is 4.90 Å². The number of aryl methyl sites for hydroxylation is 1. The number of benzene rings is 1. The van der Waals surface area contributed by atoms with Crippen molar-refractivity contribution in [3.05, 3.63) is 52.1 Å². The molecule has 1 aromatic heterocycles. The van der Waals surface area contributed by atoms with Gasteiger partial charge in [-0.2, -0.15) is 0 Å². The lowest BCUT2D eigenvalue weighted by Gasteiger charge is -2.12. The second-order valence-electron chi connectivity index (χ2n) is 4.28. The highest BCUT2D eigenvalue weighted by Gasteiger charge is 2.20. The van der Waals surface area contributed by atoms with Crippen LogP contribution in [0.1, 0.15) is 11.1 Å². The highest BCUT2D eigenvalue weighted by molar-refractivity contribution is 9.10. The van der Waals surface area contributed by atoms with Gasteiger partial charge in [0, 0.05) is 16.2 Å². The second kappa shape index (κ2) is 6.08. The lowest BCUT2D eigenvalue weighted by molar-refractivity contribution is 0.601. The van der Waals surface area contributed by atoms with Crippen molar-refractivity contribution in [3.8, 4) is 0 Å². The van der Waals surface area contributed by atoms with Gasteiger partial charge in [-0.15, -0.1) is 0 Å². The first-order valence-corrected chi connectivity index (χ1v) is 8.53. The Bertz CT molecular complexity index is 807. The van der Waals surface area contributed by atoms with Crippen molar-refractivity contribution < 1.29 is 8.42 Å². The molecular formula is C13H12BrN3O2S2. The van der Waals surface area contributed by atoms with Crippen LogP contribution in [0.15, 0.2) is 45.9 Å². The molecule has 0 aliphatic rings. The quantitative estimate of drug-likeness (QED) is 0.789. The normalized spacial score (nSPS) is 11.1. The molecule has 5 nitrogen and oxygen atoms in total. The Labute approximate surface area is 136 Å². The summed E-state index contributed by atoms with van der Waals surface area (Å²) in [5.41, 5.74) is 6.57. The molecule has 0 saturated heterocycles. The van der Waals surface area contributed by atoms with Crippen LogP contribution in [-0.4, -0.2) is 18.4 Å². The number of pyridine rings is 1. The standard InChI is InChI=1S/C13H12BrN3O2S2/c1-8-6-9(14)7-16-13(8)17-21(18,19)11-5-3-2-4-10(11)12(15)20/h2-7H,1H3,(H2,15,20)(H,16,17). The molecule has 0 aliphatic carbocycles. The van der Waals surface area contributed by atoms with Crippen molar-refractivity contribution in [2.75, 3.05) is 4.72 Å². The third kappa shape index (κ3) is 3.58. The van der Waals surface area contributed by atoms with Crippen LogP contribution in [0.3, 0.4) is 0 Å². The van der Waals surface area contributed by atoms with Crippen LogP contribution >= 0.6 is 28.1 Å². The summed E-state index contributed by atoms with van der Waals surface area (Å²) in [6.07, 6.45) is 1.52. The van der Waals surface area contributed by atoms with Gasteiger partial charge in [0.1, 0.15) is 10.8 Å². The van der Waals surface area contributed by atoms with E-state index in [0.29, 0.717) is 11.1 Å². The Morgan fingerprint density at radius 3 is 2.67 bits per heavy atom. The predicted molar refractivity (Wildman–Crippen MR) is 89.8 cm³/mol. The van der Waals surface area contributed by atoms with Crippen LogP contribution in [0.5, 0.6) is 0 Å². The number of hydrogen-bond donors (Lipinski definition) is 2. The lowest BCUT2D eigenvalue weighted by atomic mass is 10.2. The van der Waals surface area contributed by atoms with Gasteiger partial charge < -0.3 is 5.73 Å². The summed E-state index contributed by atoms with van der Waals surface area (Å²) in [6, 6.07) is 8.07. The minimum Gasteiger partial charge on any atom is -0.389 e. The van der Waals surface area contributed by atoms with Crippen LogP contribution in [-0.2, 0) is 10.0 Å². The average molecular weight is 386 g/mol. The Hall–Kier alpha value is -1.51. The van der Waals surface area contributed by atoms with E-state index in [4.69, 9.17) is 18.0 Å². The summed E-state index contributed by atoms with van der Waals surface area (Å²) in [7, 11) is -3.82. The van der Waals surface area contributed by atoms with E-state index in [1.165, 1.54) is 12.3 Å². The molecule has 21 heavy (non-hydrogen) atoms. The highest BCUT2D eigenvalue weighted by atomic mass is 79.9. The van der Waals surface area contributed by atoms with E-state index < -0.39 is 10.0 Å². The van der Waals surface area contributed by atoms with E-state index >= 15 is 0 Å². The molecule has 0 amide bonds. The smallest absolute Gasteiger partial charge is 0.263 e. The lowest BCUT2D eigenvalue weighted by Crippen LogP contribution is -2.20. The Morgan fingerprint density at radius 1 is 1.38 bits per heavy atom. The zero-order valence-corrected chi connectivity index (χ0v) is 14.2. The van der Waals surface area contributed by atoms with E-state index in [0.717, 1.165) is 4.47 Å². The molecule has 0 bridgehead atoms. The molecule has 2 aromatic rings. The fourth-order valence-corrected chi connectivity index (χ4v) is 3.73. The number of hydrogen-bond acceptors (Lipinski definition) is 4. The molecule has 0 atom stereocenters. The van der Waals surface area contributed by atoms with Gasteiger partial charge >= 0.3 is 0 Å². The molecule has 0 spiro atoms. The third-order valence-electron chi connectivity index (χ3n) is 2.72. The Morgan fingerprint density at radius 2 is 2.05 bits per heavy atom. The van der Waals surface area contributed by atoms with Crippen LogP contribution in [0.4, 0.5) is 5.82 Å². The Balaban J connectivity index is 2.46. The molecule has 110 valence electrons. The molecule has 0 radical (unpaired) electrons. The maximum absolute atomic E-state index is 12.5. The number of anilines is 1. The number of nitrogens with two attached hydrogens (primary N) is 1. The van der Waals surface area contributed by atoms with E-state index in [9.17, 15) is 8.42 Å².